The number of hydrogen-bond donors (Lipinski definition) is 1. The van der Waals surface area contributed by atoms with Gasteiger partial charge >= 0.3 is 0 Å². The third-order valence-electron chi connectivity index (χ3n) is 3.57. The molecule has 0 bridgehead atoms. The summed E-state index contributed by atoms with van der Waals surface area (Å²) in [7, 11) is 0. The third-order valence-corrected chi connectivity index (χ3v) is 3.57. The van der Waals surface area contributed by atoms with E-state index in [1.807, 2.05) is 37.3 Å². The zero-order valence-corrected chi connectivity index (χ0v) is 10.9. The largest absolute Gasteiger partial charge is 0.458 e. The number of para-hydroxylation sites is 1. The lowest BCUT2D eigenvalue weighted by Gasteiger charge is -2.18. The van der Waals surface area contributed by atoms with Crippen LogP contribution >= 0.6 is 0 Å². The molecule has 1 aromatic heterocycles. The van der Waals surface area contributed by atoms with Crippen LogP contribution in [0.2, 0.25) is 0 Å². The minimum absolute atomic E-state index is 0.114. The minimum atomic E-state index is -0.762. The number of hydrogen-bond acceptors (Lipinski definition) is 3. The molecule has 4 heteroatoms. The highest BCUT2D eigenvalue weighted by atomic mass is 16.4. The van der Waals surface area contributed by atoms with E-state index in [4.69, 9.17) is 4.42 Å². The topological polar surface area (TPSA) is 53.7 Å². The minimum Gasteiger partial charge on any atom is -0.458 e. The molecule has 3 rings (SSSR count). The molecule has 2 atom stereocenters. The van der Waals surface area contributed by atoms with Gasteiger partial charge in [0.1, 0.15) is 17.4 Å². The Hall–Kier alpha value is -1.81. The van der Waals surface area contributed by atoms with Crippen molar-refractivity contribution in [1.29, 1.82) is 0 Å². The Morgan fingerprint density at radius 1 is 1.47 bits per heavy atom. The van der Waals surface area contributed by atoms with Gasteiger partial charge in [0.25, 0.3) is 0 Å². The molecule has 0 saturated carbocycles. The van der Waals surface area contributed by atoms with Crippen LogP contribution in [0.4, 0.5) is 0 Å². The van der Waals surface area contributed by atoms with Crippen LogP contribution in [0, 0.1) is 5.92 Å². The maximum absolute atomic E-state index is 11.7. The van der Waals surface area contributed by atoms with E-state index in [1.54, 1.807) is 4.90 Å². The first-order valence-corrected chi connectivity index (χ1v) is 6.58. The second-order valence-corrected chi connectivity index (χ2v) is 5.31. The van der Waals surface area contributed by atoms with Crippen LogP contribution in [0.1, 0.15) is 25.2 Å². The molecular weight excluding hydrogens is 242 g/mol. The Morgan fingerprint density at radius 2 is 2.26 bits per heavy atom. The molecule has 1 aliphatic heterocycles. The standard InChI is InChI=1S/C15H17NO3/c1-10-6-15(18)16(8-10)9-12(17)14-7-11-4-2-3-5-13(11)19-14/h2-5,7,10,12,17H,6,8-9H2,1H3. The average Bonchev–Trinajstić information content (AvgIpc) is 2.93. The number of β-amino-alcohol motifs (C(OH)–C–C–N with tert-alkyl or cyclic N) is 1. The molecule has 100 valence electrons. The number of carbonyl (C=O) groups excluding carboxylic acids is 1. The lowest BCUT2D eigenvalue weighted by molar-refractivity contribution is -0.129. The first-order valence-electron chi connectivity index (χ1n) is 6.58. The third kappa shape index (κ3) is 2.36. The molecule has 2 heterocycles. The number of furan rings is 1. The number of amides is 1. The van der Waals surface area contributed by atoms with Crippen molar-refractivity contribution >= 4 is 16.9 Å². The second kappa shape index (κ2) is 4.70. The van der Waals surface area contributed by atoms with Crippen LogP contribution in [-0.2, 0) is 4.79 Å². The molecule has 4 nitrogen and oxygen atoms in total. The van der Waals surface area contributed by atoms with Crippen LogP contribution in [-0.4, -0.2) is 29.0 Å². The summed E-state index contributed by atoms with van der Waals surface area (Å²) in [4.78, 5) is 13.4. The zero-order valence-electron chi connectivity index (χ0n) is 10.9. The Kier molecular flexibility index (Phi) is 3.03. The highest BCUT2D eigenvalue weighted by Gasteiger charge is 2.29. The predicted molar refractivity (Wildman–Crippen MR) is 71.5 cm³/mol. The summed E-state index contributed by atoms with van der Waals surface area (Å²) in [6.07, 6.45) is -0.186. The number of carbonyl (C=O) groups is 1. The molecule has 1 amide bonds. The Balaban J connectivity index is 1.76. The normalized spacial score (nSPS) is 21.3. The van der Waals surface area contributed by atoms with Crippen molar-refractivity contribution < 1.29 is 14.3 Å². The quantitative estimate of drug-likeness (QED) is 0.920. The zero-order chi connectivity index (χ0) is 13.4. The van der Waals surface area contributed by atoms with Crippen LogP contribution in [0.25, 0.3) is 11.0 Å². The number of aliphatic hydroxyl groups excluding tert-OH is 1. The van der Waals surface area contributed by atoms with Gasteiger partial charge in [-0.15, -0.1) is 0 Å². The van der Waals surface area contributed by atoms with Crippen molar-refractivity contribution in [1.82, 2.24) is 4.90 Å². The Labute approximate surface area is 111 Å². The van der Waals surface area contributed by atoms with Crippen molar-refractivity contribution in [2.75, 3.05) is 13.1 Å². The smallest absolute Gasteiger partial charge is 0.223 e. The highest BCUT2D eigenvalue weighted by molar-refractivity contribution is 5.79. The fraction of sp³-hybridized carbons (Fsp3) is 0.400. The SMILES string of the molecule is CC1CC(=O)N(CC(O)c2cc3ccccc3o2)C1. The first kappa shape index (κ1) is 12.2. The number of nitrogens with zero attached hydrogens (tertiary/aromatic N) is 1. The lowest BCUT2D eigenvalue weighted by Crippen LogP contribution is -2.29. The van der Waals surface area contributed by atoms with Gasteiger partial charge in [-0.05, 0) is 18.1 Å². The molecule has 0 radical (unpaired) electrons. The summed E-state index contributed by atoms with van der Waals surface area (Å²) in [6, 6.07) is 9.48. The van der Waals surface area contributed by atoms with Gasteiger partial charge in [-0.25, -0.2) is 0 Å². The van der Waals surface area contributed by atoms with E-state index in [2.05, 4.69) is 0 Å². The monoisotopic (exact) mass is 259 g/mol. The van der Waals surface area contributed by atoms with Crippen LogP contribution in [0.15, 0.2) is 34.7 Å². The fourth-order valence-corrected chi connectivity index (χ4v) is 2.61. The van der Waals surface area contributed by atoms with E-state index >= 15 is 0 Å². The molecule has 1 aromatic carbocycles. The van der Waals surface area contributed by atoms with Gasteiger partial charge in [-0.2, -0.15) is 0 Å². The number of likely N-dealkylation sites (tertiary alicyclic amines) is 1. The van der Waals surface area contributed by atoms with Gasteiger partial charge in [0.05, 0.1) is 6.54 Å². The molecular formula is C15H17NO3. The highest BCUT2D eigenvalue weighted by Crippen LogP contribution is 2.26. The van der Waals surface area contributed by atoms with E-state index < -0.39 is 6.10 Å². The summed E-state index contributed by atoms with van der Waals surface area (Å²) < 4.78 is 5.61. The first-order chi connectivity index (χ1) is 9.13. The van der Waals surface area contributed by atoms with E-state index in [1.165, 1.54) is 0 Å². The summed E-state index contributed by atoms with van der Waals surface area (Å²) >= 11 is 0. The summed E-state index contributed by atoms with van der Waals surface area (Å²) in [5.41, 5.74) is 0.762. The van der Waals surface area contributed by atoms with Crippen molar-refractivity contribution in [3.8, 4) is 0 Å². The van der Waals surface area contributed by atoms with Gasteiger partial charge in [-0.3, -0.25) is 4.79 Å². The molecule has 1 fully saturated rings. The summed E-state index contributed by atoms with van der Waals surface area (Å²) in [5.74, 6) is 1.01. The molecule has 2 unspecified atom stereocenters. The van der Waals surface area contributed by atoms with Crippen LogP contribution in [0.5, 0.6) is 0 Å². The van der Waals surface area contributed by atoms with Crippen LogP contribution in [0.3, 0.4) is 0 Å². The molecule has 1 N–H and O–H groups in total. The summed E-state index contributed by atoms with van der Waals surface area (Å²) in [5, 5.41) is 11.2. The molecule has 1 saturated heterocycles. The van der Waals surface area contributed by atoms with Crippen LogP contribution < -0.4 is 0 Å². The fourth-order valence-electron chi connectivity index (χ4n) is 2.61. The van der Waals surface area contributed by atoms with Gasteiger partial charge in [0.15, 0.2) is 0 Å². The number of aliphatic hydroxyl groups is 1. The number of benzene rings is 1. The predicted octanol–water partition coefficient (Wildman–Crippen LogP) is 2.33. The van der Waals surface area contributed by atoms with E-state index in [9.17, 15) is 9.90 Å². The Morgan fingerprint density at radius 3 is 2.95 bits per heavy atom. The van der Waals surface area contributed by atoms with Gasteiger partial charge in [0, 0.05) is 18.4 Å². The van der Waals surface area contributed by atoms with Gasteiger partial charge < -0.3 is 14.4 Å². The second-order valence-electron chi connectivity index (χ2n) is 5.31. The number of fused-ring (bicyclic) bond motifs is 1. The summed E-state index contributed by atoms with van der Waals surface area (Å²) in [6.45, 7) is 3.07. The maximum atomic E-state index is 11.7. The van der Waals surface area contributed by atoms with Crippen molar-refractivity contribution in [3.05, 3.63) is 36.1 Å². The molecule has 0 spiro atoms. The van der Waals surface area contributed by atoms with Crippen molar-refractivity contribution in [2.24, 2.45) is 5.92 Å². The lowest BCUT2D eigenvalue weighted by atomic mass is 10.2. The van der Waals surface area contributed by atoms with E-state index in [-0.39, 0.29) is 5.91 Å². The molecule has 0 aliphatic carbocycles. The van der Waals surface area contributed by atoms with Gasteiger partial charge in [-0.1, -0.05) is 25.1 Å². The average molecular weight is 259 g/mol. The van der Waals surface area contributed by atoms with E-state index in [0.29, 0.717) is 24.6 Å². The molecule has 19 heavy (non-hydrogen) atoms. The van der Waals surface area contributed by atoms with Crippen molar-refractivity contribution in [3.63, 3.8) is 0 Å². The van der Waals surface area contributed by atoms with E-state index in [0.717, 1.165) is 17.5 Å². The molecule has 1 aliphatic rings. The molecule has 2 aromatic rings. The van der Waals surface area contributed by atoms with Gasteiger partial charge in [0.2, 0.25) is 5.91 Å². The maximum Gasteiger partial charge on any atom is 0.223 e. The number of rotatable bonds is 3. The Bertz CT molecular complexity index is 571. The van der Waals surface area contributed by atoms with Crippen molar-refractivity contribution in [2.45, 2.75) is 19.4 Å².